The minimum Gasteiger partial charge on any atom is -0.339 e. The second kappa shape index (κ2) is 7.57. The first-order valence-electron chi connectivity index (χ1n) is 11.0. The molecule has 3 fully saturated rings. The number of ether oxygens (including phenoxy) is 1. The number of thiazole rings is 1. The lowest BCUT2D eigenvalue weighted by molar-refractivity contribution is -0.193. The van der Waals surface area contributed by atoms with Gasteiger partial charge in [-0.05, 0) is 49.6 Å². The third kappa shape index (κ3) is 3.16. The summed E-state index contributed by atoms with van der Waals surface area (Å²) in [5.74, 6) is -0.176. The molecule has 0 radical (unpaired) electrons. The molecule has 1 N–H and O–H groups in total. The van der Waals surface area contributed by atoms with Crippen LogP contribution in [0.15, 0.2) is 64.9 Å². The monoisotopic (exact) mass is 484 g/mol. The predicted molar refractivity (Wildman–Crippen MR) is 125 cm³/mol. The maximum atomic E-state index is 14.1. The minimum absolute atomic E-state index is 0.176. The lowest BCUT2D eigenvalue weighted by Crippen LogP contribution is -2.58. The van der Waals surface area contributed by atoms with E-state index in [2.05, 4.69) is 21.4 Å². The van der Waals surface area contributed by atoms with E-state index in [0.29, 0.717) is 29.7 Å². The highest BCUT2D eigenvalue weighted by atomic mass is 32.2. The van der Waals surface area contributed by atoms with Crippen molar-refractivity contribution in [2.24, 2.45) is 5.92 Å². The zero-order chi connectivity index (χ0) is 22.8. The van der Waals surface area contributed by atoms with E-state index in [1.165, 1.54) is 0 Å². The Labute approximate surface area is 195 Å². The SMILES string of the molecule is C=C[C@@H]1CN(Cc2ccccn2)C2O[C@]13CCC[C@@H]2N3S(=O)(=O)c1ccc2[nH]c(=O)sc2c1. The number of nitrogens with zero attached hydrogens (tertiary/aromatic N) is 3. The maximum Gasteiger partial charge on any atom is 0.305 e. The van der Waals surface area contributed by atoms with Gasteiger partial charge in [-0.3, -0.25) is 14.7 Å². The molecule has 33 heavy (non-hydrogen) atoms. The fourth-order valence-corrected chi connectivity index (χ4v) is 8.50. The van der Waals surface area contributed by atoms with Crippen LogP contribution in [0.2, 0.25) is 0 Å². The van der Waals surface area contributed by atoms with E-state index >= 15 is 0 Å². The summed E-state index contributed by atoms with van der Waals surface area (Å²) in [4.78, 5) is 21.1. The highest BCUT2D eigenvalue weighted by molar-refractivity contribution is 7.89. The number of rotatable bonds is 5. The predicted octanol–water partition coefficient (Wildman–Crippen LogP) is 2.90. The molecule has 0 amide bonds. The topological polar surface area (TPSA) is 95.6 Å². The largest absolute Gasteiger partial charge is 0.339 e. The van der Waals surface area contributed by atoms with Gasteiger partial charge in [0.2, 0.25) is 10.0 Å². The van der Waals surface area contributed by atoms with E-state index in [0.717, 1.165) is 29.9 Å². The average Bonchev–Trinajstić information content (AvgIpc) is 3.27. The highest BCUT2D eigenvalue weighted by Crippen LogP contribution is 2.54. The molecule has 1 aromatic carbocycles. The number of pyridine rings is 1. The summed E-state index contributed by atoms with van der Waals surface area (Å²) < 4.78 is 37.0. The maximum absolute atomic E-state index is 14.1. The standard InChI is InChI=1S/C23H24N4O4S2/c1-2-15-13-26(14-16-6-3-4-11-24-16)21-19-7-5-10-23(15,31-21)27(19)33(29,30)17-8-9-18-20(12-17)32-22(28)25-18/h2-4,6,8-9,11-12,15,19,21H,1,5,7,10,13-14H2,(H,25,28)/t15-,19+,21?,23-/m1/s1. The van der Waals surface area contributed by atoms with Gasteiger partial charge in [0.05, 0.1) is 26.8 Å². The van der Waals surface area contributed by atoms with Crippen molar-refractivity contribution in [2.75, 3.05) is 6.54 Å². The Morgan fingerprint density at radius 1 is 1.33 bits per heavy atom. The Balaban J connectivity index is 1.43. The van der Waals surface area contributed by atoms with Crippen LogP contribution in [0.1, 0.15) is 25.0 Å². The second-order valence-corrected chi connectivity index (χ2v) is 11.7. The van der Waals surface area contributed by atoms with Crippen molar-refractivity contribution in [3.8, 4) is 0 Å². The molecule has 10 heteroatoms. The molecule has 5 heterocycles. The molecule has 8 nitrogen and oxygen atoms in total. The smallest absolute Gasteiger partial charge is 0.305 e. The summed E-state index contributed by atoms with van der Waals surface area (Å²) in [6, 6.07) is 10.3. The molecule has 3 aliphatic rings. The zero-order valence-corrected chi connectivity index (χ0v) is 19.5. The Hall–Kier alpha value is -2.37. The van der Waals surface area contributed by atoms with Gasteiger partial charge in [-0.2, -0.15) is 4.31 Å². The molecular formula is C23H24N4O4S2. The highest BCUT2D eigenvalue weighted by Gasteiger charge is 2.66. The van der Waals surface area contributed by atoms with E-state index < -0.39 is 15.7 Å². The molecule has 3 aliphatic heterocycles. The van der Waals surface area contributed by atoms with Crippen molar-refractivity contribution >= 4 is 31.6 Å². The number of H-pyrrole nitrogens is 1. The van der Waals surface area contributed by atoms with Gasteiger partial charge in [-0.1, -0.05) is 23.5 Å². The minimum atomic E-state index is -3.87. The van der Waals surface area contributed by atoms with Crippen molar-refractivity contribution in [2.45, 2.75) is 48.7 Å². The summed E-state index contributed by atoms with van der Waals surface area (Å²) in [6.07, 6.45) is 5.52. The van der Waals surface area contributed by atoms with Gasteiger partial charge in [-0.15, -0.1) is 6.58 Å². The van der Waals surface area contributed by atoms with Crippen LogP contribution >= 0.6 is 11.3 Å². The Morgan fingerprint density at radius 2 is 2.21 bits per heavy atom. The normalized spacial score (nSPS) is 30.0. The van der Waals surface area contributed by atoms with Crippen LogP contribution in [0.4, 0.5) is 0 Å². The number of piperidine rings is 1. The van der Waals surface area contributed by atoms with Crippen LogP contribution in [-0.4, -0.2) is 52.1 Å². The van der Waals surface area contributed by atoms with Gasteiger partial charge in [0, 0.05) is 25.2 Å². The fraction of sp³-hybridized carbons (Fsp3) is 0.391. The first-order valence-corrected chi connectivity index (χ1v) is 13.3. The van der Waals surface area contributed by atoms with Crippen LogP contribution in [0, 0.1) is 5.92 Å². The van der Waals surface area contributed by atoms with Crippen LogP contribution in [0.3, 0.4) is 0 Å². The quantitative estimate of drug-likeness (QED) is 0.560. The summed E-state index contributed by atoms with van der Waals surface area (Å²) in [7, 11) is -3.87. The zero-order valence-electron chi connectivity index (χ0n) is 17.9. The third-order valence-corrected chi connectivity index (χ3v) is 9.85. The Kier molecular flexibility index (Phi) is 4.86. The molecular weight excluding hydrogens is 460 g/mol. The average molecular weight is 485 g/mol. The molecule has 3 bridgehead atoms. The van der Waals surface area contributed by atoms with Crippen LogP contribution < -0.4 is 4.87 Å². The summed E-state index contributed by atoms with van der Waals surface area (Å²) in [6.45, 7) is 5.28. The fourth-order valence-electron chi connectivity index (χ4n) is 5.68. The van der Waals surface area contributed by atoms with E-state index in [9.17, 15) is 13.2 Å². The number of fused-ring (bicyclic) bond motifs is 4. The van der Waals surface area contributed by atoms with E-state index in [1.807, 2.05) is 24.3 Å². The molecule has 0 saturated carbocycles. The van der Waals surface area contributed by atoms with E-state index in [-0.39, 0.29) is 28.0 Å². The van der Waals surface area contributed by atoms with Crippen LogP contribution in [0.25, 0.3) is 10.2 Å². The van der Waals surface area contributed by atoms with Gasteiger partial charge in [0.1, 0.15) is 12.0 Å². The molecule has 0 aliphatic carbocycles. The van der Waals surface area contributed by atoms with Gasteiger partial charge in [-0.25, -0.2) is 8.42 Å². The van der Waals surface area contributed by atoms with Gasteiger partial charge in [0.15, 0.2) is 0 Å². The second-order valence-electron chi connectivity index (χ2n) is 8.88. The van der Waals surface area contributed by atoms with Gasteiger partial charge >= 0.3 is 4.87 Å². The van der Waals surface area contributed by atoms with Crippen LogP contribution in [-0.2, 0) is 21.3 Å². The molecule has 1 unspecified atom stereocenters. The Morgan fingerprint density at radius 3 is 3.00 bits per heavy atom. The number of hydrogen-bond donors (Lipinski definition) is 1. The van der Waals surface area contributed by atoms with Crippen molar-refractivity contribution in [3.63, 3.8) is 0 Å². The summed E-state index contributed by atoms with van der Waals surface area (Å²) in [5, 5.41) is 0. The molecule has 1 spiro atoms. The van der Waals surface area contributed by atoms with E-state index in [1.54, 1.807) is 28.7 Å². The number of sulfonamides is 1. The number of aromatic amines is 1. The summed E-state index contributed by atoms with van der Waals surface area (Å²) in [5.41, 5.74) is 0.627. The van der Waals surface area contributed by atoms with Crippen LogP contribution in [0.5, 0.6) is 0 Å². The van der Waals surface area contributed by atoms with Crippen molar-refractivity contribution in [1.29, 1.82) is 0 Å². The first-order chi connectivity index (χ1) is 15.9. The van der Waals surface area contributed by atoms with Gasteiger partial charge < -0.3 is 9.72 Å². The van der Waals surface area contributed by atoms with Gasteiger partial charge in [0.25, 0.3) is 0 Å². The molecule has 3 aromatic rings. The van der Waals surface area contributed by atoms with Crippen molar-refractivity contribution < 1.29 is 13.2 Å². The number of aromatic nitrogens is 2. The Bertz CT molecular complexity index is 1390. The summed E-state index contributed by atoms with van der Waals surface area (Å²) >= 11 is 1.01. The number of hydrogen-bond acceptors (Lipinski definition) is 7. The third-order valence-electron chi connectivity index (χ3n) is 7.06. The molecule has 3 saturated heterocycles. The number of benzene rings is 1. The lowest BCUT2D eigenvalue weighted by atomic mass is 9.87. The first kappa shape index (κ1) is 21.2. The molecule has 2 aromatic heterocycles. The molecule has 4 atom stereocenters. The molecule has 172 valence electrons. The number of nitrogens with one attached hydrogen (secondary N) is 1. The molecule has 6 rings (SSSR count). The van der Waals surface area contributed by atoms with E-state index in [4.69, 9.17) is 4.74 Å². The lowest BCUT2D eigenvalue weighted by Gasteiger charge is -2.47. The van der Waals surface area contributed by atoms with Crippen molar-refractivity contribution in [3.05, 3.63) is 70.6 Å². The van der Waals surface area contributed by atoms with Crippen molar-refractivity contribution in [1.82, 2.24) is 19.2 Å².